The molecule has 0 aliphatic rings. The fraction of sp³-hybridized carbons (Fsp3) is 0.143. The van der Waals surface area contributed by atoms with Gasteiger partial charge in [-0.3, -0.25) is 4.72 Å². The third-order valence-corrected chi connectivity index (χ3v) is 5.41. The van der Waals surface area contributed by atoms with Gasteiger partial charge in [-0.1, -0.05) is 28.1 Å². The van der Waals surface area contributed by atoms with E-state index in [1.54, 1.807) is 37.3 Å². The Bertz CT molecular complexity index is 743. The van der Waals surface area contributed by atoms with Crippen LogP contribution < -0.4 is 4.72 Å². The van der Waals surface area contributed by atoms with Crippen LogP contribution in [0.2, 0.25) is 0 Å². The molecule has 0 saturated heterocycles. The number of benzene rings is 2. The van der Waals surface area contributed by atoms with Crippen molar-refractivity contribution >= 4 is 47.6 Å². The third-order valence-electron chi connectivity index (χ3n) is 2.85. The van der Waals surface area contributed by atoms with E-state index >= 15 is 0 Å². The van der Waals surface area contributed by atoms with Crippen LogP contribution in [0.1, 0.15) is 18.6 Å². The van der Waals surface area contributed by atoms with E-state index in [1.165, 1.54) is 12.1 Å². The highest BCUT2D eigenvalue weighted by molar-refractivity contribution is 9.11. The molecule has 0 aliphatic carbocycles. The van der Waals surface area contributed by atoms with Crippen molar-refractivity contribution in [3.63, 3.8) is 0 Å². The minimum atomic E-state index is -3.68. The van der Waals surface area contributed by atoms with E-state index in [1.807, 2.05) is 0 Å². The molecule has 0 saturated carbocycles. The van der Waals surface area contributed by atoms with E-state index in [9.17, 15) is 13.5 Å². The minimum absolute atomic E-state index is 0.138. The molecule has 0 heterocycles. The molecule has 0 spiro atoms. The van der Waals surface area contributed by atoms with E-state index in [4.69, 9.17) is 0 Å². The van der Waals surface area contributed by atoms with E-state index in [-0.39, 0.29) is 4.90 Å². The zero-order chi connectivity index (χ0) is 15.6. The van der Waals surface area contributed by atoms with Crippen LogP contribution >= 0.6 is 31.9 Å². The lowest BCUT2D eigenvalue weighted by Crippen LogP contribution is -2.13. The summed E-state index contributed by atoms with van der Waals surface area (Å²) in [7, 11) is -3.68. The smallest absolute Gasteiger partial charge is 0.261 e. The summed E-state index contributed by atoms with van der Waals surface area (Å²) in [5, 5.41) is 9.44. The van der Waals surface area contributed by atoms with Gasteiger partial charge in [0.1, 0.15) is 0 Å². The maximum atomic E-state index is 12.3. The Morgan fingerprint density at radius 3 is 2.29 bits per heavy atom. The van der Waals surface area contributed by atoms with Crippen molar-refractivity contribution in [2.75, 3.05) is 4.72 Å². The first-order valence-electron chi connectivity index (χ1n) is 6.05. The van der Waals surface area contributed by atoms with Gasteiger partial charge < -0.3 is 5.11 Å². The Morgan fingerprint density at radius 1 is 1.10 bits per heavy atom. The lowest BCUT2D eigenvalue weighted by molar-refractivity contribution is 0.199. The quantitative estimate of drug-likeness (QED) is 0.762. The van der Waals surface area contributed by atoms with Crippen LogP contribution in [0.3, 0.4) is 0 Å². The lowest BCUT2D eigenvalue weighted by Gasteiger charge is -2.11. The lowest BCUT2D eigenvalue weighted by atomic mass is 10.1. The van der Waals surface area contributed by atoms with Crippen molar-refractivity contribution in [3.05, 3.63) is 57.0 Å². The van der Waals surface area contributed by atoms with Crippen molar-refractivity contribution in [2.24, 2.45) is 0 Å². The van der Waals surface area contributed by atoms with Crippen LogP contribution in [0.25, 0.3) is 0 Å². The molecule has 7 heteroatoms. The van der Waals surface area contributed by atoms with Crippen LogP contribution in [0.5, 0.6) is 0 Å². The summed E-state index contributed by atoms with van der Waals surface area (Å²) in [5.74, 6) is 0. The number of nitrogens with one attached hydrogen (secondary N) is 1. The predicted molar refractivity (Wildman–Crippen MR) is 89.7 cm³/mol. The number of hydrogen-bond acceptors (Lipinski definition) is 3. The fourth-order valence-corrected chi connectivity index (χ4v) is 3.61. The van der Waals surface area contributed by atoms with Gasteiger partial charge in [0.15, 0.2) is 0 Å². The summed E-state index contributed by atoms with van der Waals surface area (Å²) in [4.78, 5) is 0.138. The second-order valence-electron chi connectivity index (χ2n) is 4.47. The van der Waals surface area contributed by atoms with Crippen molar-refractivity contribution in [1.29, 1.82) is 0 Å². The first kappa shape index (κ1) is 16.5. The van der Waals surface area contributed by atoms with Crippen LogP contribution in [0, 0.1) is 0 Å². The minimum Gasteiger partial charge on any atom is -0.389 e. The van der Waals surface area contributed by atoms with Crippen molar-refractivity contribution in [3.8, 4) is 0 Å². The van der Waals surface area contributed by atoms with Crippen LogP contribution in [0.15, 0.2) is 56.3 Å². The number of halogens is 2. The Hall–Kier alpha value is -0.890. The molecule has 4 nitrogen and oxygen atoms in total. The summed E-state index contributed by atoms with van der Waals surface area (Å²) >= 11 is 6.61. The van der Waals surface area contributed by atoms with Gasteiger partial charge in [0.05, 0.1) is 16.7 Å². The Balaban J connectivity index is 2.31. The highest BCUT2D eigenvalue weighted by Crippen LogP contribution is 2.28. The van der Waals surface area contributed by atoms with Gasteiger partial charge in [0, 0.05) is 8.95 Å². The summed E-state index contributed by atoms with van der Waals surface area (Å²) in [6, 6.07) is 11.3. The van der Waals surface area contributed by atoms with E-state index in [0.717, 1.165) is 4.47 Å². The van der Waals surface area contributed by atoms with Crippen molar-refractivity contribution in [1.82, 2.24) is 0 Å². The first-order valence-corrected chi connectivity index (χ1v) is 9.12. The molecule has 2 rings (SSSR count). The molecule has 2 aromatic carbocycles. The van der Waals surface area contributed by atoms with Gasteiger partial charge in [-0.05, 0) is 58.7 Å². The highest BCUT2D eigenvalue weighted by Gasteiger charge is 2.16. The Kier molecular flexibility index (Phi) is 5.08. The molecule has 2 N–H and O–H groups in total. The fourth-order valence-electron chi connectivity index (χ4n) is 1.70. The normalized spacial score (nSPS) is 13.0. The largest absolute Gasteiger partial charge is 0.389 e. The van der Waals surface area contributed by atoms with Crippen LogP contribution in [-0.2, 0) is 10.0 Å². The molecule has 2 aromatic rings. The number of aliphatic hydroxyl groups excluding tert-OH is 1. The number of rotatable bonds is 4. The van der Waals surface area contributed by atoms with E-state index in [2.05, 4.69) is 36.6 Å². The number of hydrogen-bond donors (Lipinski definition) is 2. The molecule has 21 heavy (non-hydrogen) atoms. The summed E-state index contributed by atoms with van der Waals surface area (Å²) in [6.45, 7) is 1.63. The molecule has 0 aromatic heterocycles. The molecule has 0 amide bonds. The van der Waals surface area contributed by atoms with E-state index < -0.39 is 16.1 Å². The van der Waals surface area contributed by atoms with Crippen molar-refractivity contribution in [2.45, 2.75) is 17.9 Å². The predicted octanol–water partition coefficient (Wildman–Crippen LogP) is 4.07. The average Bonchev–Trinajstić information content (AvgIpc) is 2.43. The monoisotopic (exact) mass is 433 g/mol. The van der Waals surface area contributed by atoms with Gasteiger partial charge >= 0.3 is 0 Å². The molecule has 1 unspecified atom stereocenters. The van der Waals surface area contributed by atoms with Gasteiger partial charge in [0.2, 0.25) is 0 Å². The standard InChI is InChI=1S/C14H13Br2NO3S/c1-9(18)10-2-5-12(6-3-10)21(19,20)17-14-8-11(15)4-7-13(14)16/h2-9,17-18H,1H3. The summed E-state index contributed by atoms with van der Waals surface area (Å²) in [5.41, 5.74) is 1.11. The summed E-state index contributed by atoms with van der Waals surface area (Å²) < 4.78 is 28.6. The molecule has 0 aliphatic heterocycles. The third kappa shape index (κ3) is 4.06. The van der Waals surface area contributed by atoms with Gasteiger partial charge in [0.25, 0.3) is 10.0 Å². The molecule has 112 valence electrons. The number of sulfonamides is 1. The maximum Gasteiger partial charge on any atom is 0.261 e. The SMILES string of the molecule is CC(O)c1ccc(S(=O)(=O)Nc2cc(Br)ccc2Br)cc1. The Labute approximate surface area is 140 Å². The van der Waals surface area contributed by atoms with E-state index in [0.29, 0.717) is 15.7 Å². The second kappa shape index (κ2) is 6.48. The van der Waals surface area contributed by atoms with Gasteiger partial charge in [-0.15, -0.1) is 0 Å². The Morgan fingerprint density at radius 2 is 1.71 bits per heavy atom. The number of aliphatic hydroxyl groups is 1. The second-order valence-corrected chi connectivity index (χ2v) is 7.93. The molecular formula is C14H13Br2NO3S. The molecule has 1 atom stereocenters. The maximum absolute atomic E-state index is 12.3. The van der Waals surface area contributed by atoms with Crippen molar-refractivity contribution < 1.29 is 13.5 Å². The van der Waals surface area contributed by atoms with Crippen LogP contribution in [0.4, 0.5) is 5.69 Å². The first-order chi connectivity index (χ1) is 9.79. The molecule has 0 fully saturated rings. The van der Waals surface area contributed by atoms with Gasteiger partial charge in [-0.2, -0.15) is 0 Å². The molecule has 0 radical (unpaired) electrons. The van der Waals surface area contributed by atoms with Gasteiger partial charge in [-0.25, -0.2) is 8.42 Å². The summed E-state index contributed by atoms with van der Waals surface area (Å²) in [6.07, 6.45) is -0.631. The zero-order valence-corrected chi connectivity index (χ0v) is 15.0. The average molecular weight is 435 g/mol. The zero-order valence-electron chi connectivity index (χ0n) is 11.0. The molecular weight excluding hydrogens is 422 g/mol. The van der Waals surface area contributed by atoms with Crippen LogP contribution in [-0.4, -0.2) is 13.5 Å². The number of anilines is 1. The topological polar surface area (TPSA) is 66.4 Å². The highest BCUT2D eigenvalue weighted by atomic mass is 79.9. The molecule has 0 bridgehead atoms.